The van der Waals surface area contributed by atoms with Gasteiger partial charge in [-0.1, -0.05) is 18.2 Å². The number of para-hydroxylation sites is 1. The minimum absolute atomic E-state index is 0.444. The molecule has 0 aliphatic carbocycles. The molecule has 1 fully saturated rings. The largest absolute Gasteiger partial charge is 0.372 e. The summed E-state index contributed by atoms with van der Waals surface area (Å²) in [5.74, 6) is -1.26. The zero-order chi connectivity index (χ0) is 23.1. The first-order chi connectivity index (χ1) is 16.0. The van der Waals surface area contributed by atoms with Crippen molar-refractivity contribution in [1.29, 1.82) is 0 Å². The molecule has 1 amide bonds. The van der Waals surface area contributed by atoms with E-state index in [0.717, 1.165) is 30.2 Å². The van der Waals surface area contributed by atoms with E-state index >= 15 is 0 Å². The summed E-state index contributed by atoms with van der Waals surface area (Å²) in [6.07, 6.45) is 3.61. The number of benzene rings is 3. The molecule has 0 radical (unpaired) electrons. The molecule has 1 aliphatic heterocycles. The van der Waals surface area contributed by atoms with Crippen LogP contribution in [0.4, 0.5) is 28.4 Å². The Morgan fingerprint density at radius 3 is 1.97 bits per heavy atom. The summed E-state index contributed by atoms with van der Waals surface area (Å²) in [6, 6.07) is 24.1. The summed E-state index contributed by atoms with van der Waals surface area (Å²) in [7, 11) is -3.83. The van der Waals surface area contributed by atoms with Crippen LogP contribution in [0.3, 0.4) is 0 Å². The van der Waals surface area contributed by atoms with Gasteiger partial charge in [0, 0.05) is 41.5 Å². The first kappa shape index (κ1) is 22.7. The molecule has 3 N–H and O–H groups in total. The molecule has 0 atom stereocenters. The first-order valence-electron chi connectivity index (χ1n) is 11.0. The summed E-state index contributed by atoms with van der Waals surface area (Å²) in [5.41, 5.74) is 3.87. The van der Waals surface area contributed by atoms with Crippen LogP contribution in [-0.4, -0.2) is 33.2 Å². The molecule has 7 nitrogen and oxygen atoms in total. The van der Waals surface area contributed by atoms with Crippen molar-refractivity contribution < 1.29 is 13.2 Å². The minimum atomic E-state index is -3.83. The molecular weight excluding hydrogens is 436 g/mol. The Labute approximate surface area is 194 Å². The van der Waals surface area contributed by atoms with Crippen molar-refractivity contribution >= 4 is 44.4 Å². The Balaban J connectivity index is 1.29. The predicted octanol–water partition coefficient (Wildman–Crippen LogP) is 4.80. The number of carbonyl (C=O) groups is 1. The third kappa shape index (κ3) is 6.73. The fraction of sp³-hybridized carbons (Fsp3) is 0.240. The fourth-order valence-corrected chi connectivity index (χ4v) is 4.79. The van der Waals surface area contributed by atoms with Crippen LogP contribution < -0.4 is 20.3 Å². The maximum atomic E-state index is 12.5. The summed E-state index contributed by atoms with van der Waals surface area (Å²) in [5, 5.41) is 5.89. The van der Waals surface area contributed by atoms with Gasteiger partial charge in [-0.05, 0) is 79.9 Å². The van der Waals surface area contributed by atoms with E-state index in [9.17, 15) is 13.2 Å². The summed E-state index contributed by atoms with van der Waals surface area (Å²) in [6.45, 7) is 2.04. The van der Waals surface area contributed by atoms with Gasteiger partial charge in [0.1, 0.15) is 5.75 Å². The van der Waals surface area contributed by atoms with E-state index in [1.54, 1.807) is 24.3 Å². The van der Waals surface area contributed by atoms with E-state index in [1.165, 1.54) is 19.3 Å². The monoisotopic (exact) mass is 464 g/mol. The van der Waals surface area contributed by atoms with Crippen LogP contribution in [0.5, 0.6) is 0 Å². The highest BCUT2D eigenvalue weighted by Crippen LogP contribution is 2.22. The van der Waals surface area contributed by atoms with Gasteiger partial charge in [0.25, 0.3) is 0 Å². The molecule has 33 heavy (non-hydrogen) atoms. The second-order valence-electron chi connectivity index (χ2n) is 8.07. The van der Waals surface area contributed by atoms with Crippen molar-refractivity contribution in [2.75, 3.05) is 39.1 Å². The van der Waals surface area contributed by atoms with Crippen molar-refractivity contribution in [3.63, 3.8) is 0 Å². The number of rotatable bonds is 8. The van der Waals surface area contributed by atoms with Crippen LogP contribution in [-0.2, 0) is 14.8 Å². The van der Waals surface area contributed by atoms with Crippen molar-refractivity contribution in [1.82, 2.24) is 0 Å². The molecule has 3 aromatic rings. The zero-order valence-corrected chi connectivity index (χ0v) is 19.1. The number of anilines is 5. The van der Waals surface area contributed by atoms with Gasteiger partial charge in [0.15, 0.2) is 0 Å². The van der Waals surface area contributed by atoms with E-state index in [1.807, 2.05) is 54.6 Å². The van der Waals surface area contributed by atoms with Gasteiger partial charge in [-0.25, -0.2) is 8.42 Å². The Morgan fingerprint density at radius 2 is 1.30 bits per heavy atom. The van der Waals surface area contributed by atoms with Gasteiger partial charge in [0.2, 0.25) is 15.9 Å². The van der Waals surface area contributed by atoms with Gasteiger partial charge >= 0.3 is 0 Å². The number of hydrogen-bond donors (Lipinski definition) is 3. The molecule has 0 bridgehead atoms. The van der Waals surface area contributed by atoms with Crippen LogP contribution >= 0.6 is 0 Å². The lowest BCUT2D eigenvalue weighted by Gasteiger charge is -2.28. The summed E-state index contributed by atoms with van der Waals surface area (Å²) >= 11 is 0. The third-order valence-electron chi connectivity index (χ3n) is 5.41. The number of sulfonamides is 1. The normalized spacial score (nSPS) is 13.9. The molecule has 1 saturated heterocycles. The SMILES string of the molecule is O=C(CS(=O)(=O)Nc1ccc(N2CCCCC2)cc1)Nc1ccc(Nc2ccccc2)cc1. The quantitative estimate of drug-likeness (QED) is 0.445. The highest BCUT2D eigenvalue weighted by molar-refractivity contribution is 7.93. The average molecular weight is 465 g/mol. The van der Waals surface area contributed by atoms with Crippen LogP contribution in [0, 0.1) is 0 Å². The van der Waals surface area contributed by atoms with Crippen LogP contribution in [0.25, 0.3) is 0 Å². The highest BCUT2D eigenvalue weighted by Gasteiger charge is 2.17. The fourth-order valence-electron chi connectivity index (χ4n) is 3.80. The number of amides is 1. The third-order valence-corrected chi connectivity index (χ3v) is 6.60. The molecular formula is C25H28N4O3S. The van der Waals surface area contributed by atoms with Gasteiger partial charge in [-0.3, -0.25) is 9.52 Å². The molecule has 0 saturated carbocycles. The van der Waals surface area contributed by atoms with E-state index in [2.05, 4.69) is 20.3 Å². The van der Waals surface area contributed by atoms with Gasteiger partial charge in [-0.2, -0.15) is 0 Å². The van der Waals surface area contributed by atoms with Gasteiger partial charge < -0.3 is 15.5 Å². The zero-order valence-electron chi connectivity index (χ0n) is 18.3. The van der Waals surface area contributed by atoms with Gasteiger partial charge in [0.05, 0.1) is 0 Å². The maximum Gasteiger partial charge on any atom is 0.241 e. The lowest BCUT2D eigenvalue weighted by molar-refractivity contribution is -0.113. The van der Waals surface area contributed by atoms with Crippen molar-refractivity contribution in [3.8, 4) is 0 Å². The van der Waals surface area contributed by atoms with Crippen molar-refractivity contribution in [2.24, 2.45) is 0 Å². The average Bonchev–Trinajstić information content (AvgIpc) is 2.81. The predicted molar refractivity (Wildman–Crippen MR) is 135 cm³/mol. The molecule has 0 spiro atoms. The lowest BCUT2D eigenvalue weighted by atomic mass is 10.1. The van der Waals surface area contributed by atoms with Crippen molar-refractivity contribution in [2.45, 2.75) is 19.3 Å². The molecule has 1 heterocycles. The number of carbonyl (C=O) groups excluding carboxylic acids is 1. The van der Waals surface area contributed by atoms with Crippen LogP contribution in [0.15, 0.2) is 78.9 Å². The van der Waals surface area contributed by atoms with Gasteiger partial charge in [-0.15, -0.1) is 0 Å². The number of nitrogens with zero attached hydrogens (tertiary/aromatic N) is 1. The Morgan fingerprint density at radius 1 is 0.727 bits per heavy atom. The van der Waals surface area contributed by atoms with E-state index in [0.29, 0.717) is 11.4 Å². The number of hydrogen-bond acceptors (Lipinski definition) is 5. The van der Waals surface area contributed by atoms with E-state index in [4.69, 9.17) is 0 Å². The topological polar surface area (TPSA) is 90.5 Å². The second kappa shape index (κ2) is 10.4. The molecule has 0 aromatic heterocycles. The second-order valence-corrected chi connectivity index (χ2v) is 9.79. The standard InChI is InChI=1S/C25H28N4O3S/c30-25(27-22-11-9-21(10-12-22)26-20-7-3-1-4-8-20)19-33(31,32)28-23-13-15-24(16-14-23)29-17-5-2-6-18-29/h1,3-4,7-16,26,28H,2,5-6,17-19H2,(H,27,30). The number of nitrogens with one attached hydrogen (secondary N) is 3. The first-order valence-corrected chi connectivity index (χ1v) is 12.7. The Bertz CT molecular complexity index is 1160. The highest BCUT2D eigenvalue weighted by atomic mass is 32.2. The lowest BCUT2D eigenvalue weighted by Crippen LogP contribution is -2.29. The van der Waals surface area contributed by atoms with E-state index < -0.39 is 21.7 Å². The van der Waals surface area contributed by atoms with Crippen LogP contribution in [0.1, 0.15) is 19.3 Å². The Kier molecular flexibility index (Phi) is 7.14. The molecule has 4 rings (SSSR count). The van der Waals surface area contributed by atoms with E-state index in [-0.39, 0.29) is 0 Å². The molecule has 3 aromatic carbocycles. The summed E-state index contributed by atoms with van der Waals surface area (Å²) in [4.78, 5) is 14.6. The molecule has 172 valence electrons. The minimum Gasteiger partial charge on any atom is -0.372 e. The molecule has 1 aliphatic rings. The smallest absolute Gasteiger partial charge is 0.241 e. The molecule has 8 heteroatoms. The molecule has 0 unspecified atom stereocenters. The van der Waals surface area contributed by atoms with Crippen molar-refractivity contribution in [3.05, 3.63) is 78.9 Å². The van der Waals surface area contributed by atoms with Crippen LogP contribution in [0.2, 0.25) is 0 Å². The summed E-state index contributed by atoms with van der Waals surface area (Å²) < 4.78 is 27.4. The number of piperidine rings is 1. The Hall–Kier alpha value is -3.52. The maximum absolute atomic E-state index is 12.5.